The molecular weight excluding hydrogens is 391 g/mol. The Morgan fingerprint density at radius 1 is 0.935 bits per heavy atom. The lowest BCUT2D eigenvalue weighted by Crippen LogP contribution is -2.58. The zero-order valence-corrected chi connectivity index (χ0v) is 17.7. The maximum atomic E-state index is 14.1. The van der Waals surface area contributed by atoms with Crippen molar-refractivity contribution in [2.24, 2.45) is 0 Å². The Morgan fingerprint density at radius 2 is 1.71 bits per heavy atom. The van der Waals surface area contributed by atoms with Crippen molar-refractivity contribution in [2.75, 3.05) is 44.2 Å². The first-order valence-corrected chi connectivity index (χ1v) is 11.2. The van der Waals surface area contributed by atoms with E-state index in [1.165, 1.54) is 17.0 Å². The molecule has 2 aliphatic heterocycles. The number of halogens is 1. The van der Waals surface area contributed by atoms with Crippen molar-refractivity contribution in [3.05, 3.63) is 72.2 Å². The second-order valence-electron chi connectivity index (χ2n) is 8.62. The highest BCUT2D eigenvalue weighted by molar-refractivity contribution is 5.81. The number of nitrogens with zero attached hydrogens (tertiary/aromatic N) is 4. The van der Waals surface area contributed by atoms with E-state index in [1.54, 1.807) is 6.07 Å². The second kappa shape index (κ2) is 8.91. The number of aliphatic hydroxyl groups is 1. The number of piperazine rings is 1. The van der Waals surface area contributed by atoms with E-state index < -0.39 is 0 Å². The lowest BCUT2D eigenvalue weighted by Gasteiger charge is -2.45. The number of para-hydroxylation sites is 2. The van der Waals surface area contributed by atoms with Gasteiger partial charge in [0.2, 0.25) is 0 Å². The SMILES string of the molecule is O[C@@H]1CN(Cc2ccnc3ccccc23)CC[C@H]1N1CCN(c2ccccc2F)CC1. The van der Waals surface area contributed by atoms with Gasteiger partial charge in [-0.2, -0.15) is 0 Å². The summed E-state index contributed by atoms with van der Waals surface area (Å²) in [5.74, 6) is -0.159. The van der Waals surface area contributed by atoms with Crippen molar-refractivity contribution in [2.45, 2.75) is 25.1 Å². The molecule has 0 amide bonds. The predicted molar refractivity (Wildman–Crippen MR) is 122 cm³/mol. The molecule has 2 fully saturated rings. The molecule has 2 saturated heterocycles. The van der Waals surface area contributed by atoms with Crippen molar-refractivity contribution >= 4 is 16.6 Å². The third kappa shape index (κ3) is 4.28. The lowest BCUT2D eigenvalue weighted by molar-refractivity contribution is -0.0171. The summed E-state index contributed by atoms with van der Waals surface area (Å²) in [6.07, 6.45) is 2.45. The molecule has 0 radical (unpaired) electrons. The van der Waals surface area contributed by atoms with Crippen LogP contribution < -0.4 is 4.90 Å². The van der Waals surface area contributed by atoms with Gasteiger partial charge >= 0.3 is 0 Å². The summed E-state index contributed by atoms with van der Waals surface area (Å²) in [6.45, 7) is 5.75. The van der Waals surface area contributed by atoms with E-state index in [0.717, 1.165) is 51.2 Å². The van der Waals surface area contributed by atoms with Gasteiger partial charge in [-0.15, -0.1) is 0 Å². The number of benzene rings is 2. The molecule has 5 rings (SSSR count). The number of aromatic nitrogens is 1. The molecule has 0 aliphatic carbocycles. The van der Waals surface area contributed by atoms with E-state index in [2.05, 4.69) is 37.9 Å². The molecule has 6 heteroatoms. The molecule has 0 saturated carbocycles. The van der Waals surface area contributed by atoms with Crippen LogP contribution in [-0.2, 0) is 6.54 Å². The number of hydrogen-bond donors (Lipinski definition) is 1. The van der Waals surface area contributed by atoms with Gasteiger partial charge in [0.25, 0.3) is 0 Å². The Labute approximate surface area is 182 Å². The molecule has 2 aromatic carbocycles. The van der Waals surface area contributed by atoms with Crippen LogP contribution in [0.15, 0.2) is 60.8 Å². The smallest absolute Gasteiger partial charge is 0.146 e. The summed E-state index contributed by atoms with van der Waals surface area (Å²) in [5, 5.41) is 12.1. The Morgan fingerprint density at radius 3 is 2.52 bits per heavy atom. The molecule has 1 N–H and O–H groups in total. The summed E-state index contributed by atoms with van der Waals surface area (Å²) in [6, 6.07) is 17.5. The fraction of sp³-hybridized carbons (Fsp3) is 0.400. The summed E-state index contributed by atoms with van der Waals surface area (Å²) < 4.78 is 14.1. The number of likely N-dealkylation sites (tertiary alicyclic amines) is 1. The number of hydrogen-bond acceptors (Lipinski definition) is 5. The van der Waals surface area contributed by atoms with Gasteiger partial charge in [-0.1, -0.05) is 30.3 Å². The van der Waals surface area contributed by atoms with Crippen molar-refractivity contribution in [1.82, 2.24) is 14.8 Å². The van der Waals surface area contributed by atoms with Crippen LogP contribution in [0.2, 0.25) is 0 Å². The molecule has 3 aromatic rings. The lowest BCUT2D eigenvalue weighted by atomic mass is 9.98. The van der Waals surface area contributed by atoms with Crippen molar-refractivity contribution < 1.29 is 9.50 Å². The molecule has 0 unspecified atom stereocenters. The van der Waals surface area contributed by atoms with Crippen LogP contribution in [0.25, 0.3) is 10.9 Å². The number of β-amino-alcohol motifs (C(OH)–C–C–N with tert-alkyl or cyclic N) is 1. The van der Waals surface area contributed by atoms with Gasteiger partial charge in [-0.3, -0.25) is 14.8 Å². The minimum Gasteiger partial charge on any atom is -0.390 e. The van der Waals surface area contributed by atoms with E-state index in [9.17, 15) is 9.50 Å². The molecule has 0 spiro atoms. The maximum absolute atomic E-state index is 14.1. The van der Waals surface area contributed by atoms with Crippen molar-refractivity contribution in [3.8, 4) is 0 Å². The van der Waals surface area contributed by atoms with E-state index in [0.29, 0.717) is 12.2 Å². The summed E-state index contributed by atoms with van der Waals surface area (Å²) in [4.78, 5) is 11.3. The molecule has 2 atom stereocenters. The fourth-order valence-electron chi connectivity index (χ4n) is 5.09. The number of fused-ring (bicyclic) bond motifs is 1. The van der Waals surface area contributed by atoms with E-state index >= 15 is 0 Å². The molecule has 5 nitrogen and oxygen atoms in total. The largest absolute Gasteiger partial charge is 0.390 e. The standard InChI is InChI=1S/C25H29FN4O/c26-21-6-2-4-8-23(21)29-13-15-30(16-14-29)24-10-12-28(18-25(24)31)17-19-9-11-27-22-7-3-1-5-20(19)22/h1-9,11,24-25,31H,10,12-18H2/t24-,25-/m1/s1. The zero-order chi connectivity index (χ0) is 21.2. The highest BCUT2D eigenvalue weighted by atomic mass is 19.1. The molecule has 2 aliphatic rings. The second-order valence-corrected chi connectivity index (χ2v) is 8.62. The summed E-state index contributed by atoms with van der Waals surface area (Å²) >= 11 is 0. The minimum absolute atomic E-state index is 0.159. The number of aliphatic hydroxyl groups excluding tert-OH is 1. The Kier molecular flexibility index (Phi) is 5.85. The van der Waals surface area contributed by atoms with Gasteiger partial charge in [0.1, 0.15) is 5.82 Å². The monoisotopic (exact) mass is 420 g/mol. The van der Waals surface area contributed by atoms with Crippen LogP contribution in [0.4, 0.5) is 10.1 Å². The van der Waals surface area contributed by atoms with Crippen LogP contribution in [0.1, 0.15) is 12.0 Å². The number of rotatable bonds is 4. The van der Waals surface area contributed by atoms with Gasteiger partial charge in [-0.05, 0) is 36.2 Å². The fourth-order valence-corrected chi connectivity index (χ4v) is 5.09. The number of pyridine rings is 1. The quantitative estimate of drug-likeness (QED) is 0.703. The number of piperidine rings is 1. The van der Waals surface area contributed by atoms with Crippen LogP contribution in [0.5, 0.6) is 0 Å². The highest BCUT2D eigenvalue weighted by Crippen LogP contribution is 2.25. The molecule has 1 aromatic heterocycles. The maximum Gasteiger partial charge on any atom is 0.146 e. The van der Waals surface area contributed by atoms with Gasteiger partial charge < -0.3 is 10.0 Å². The first-order valence-electron chi connectivity index (χ1n) is 11.2. The van der Waals surface area contributed by atoms with E-state index in [-0.39, 0.29) is 18.0 Å². The van der Waals surface area contributed by atoms with Gasteiger partial charge in [-0.25, -0.2) is 4.39 Å². The highest BCUT2D eigenvalue weighted by Gasteiger charge is 2.34. The molecule has 0 bridgehead atoms. The Balaban J connectivity index is 1.19. The third-order valence-electron chi connectivity index (χ3n) is 6.74. The van der Waals surface area contributed by atoms with Crippen LogP contribution in [0.3, 0.4) is 0 Å². The number of anilines is 1. The molecule has 3 heterocycles. The van der Waals surface area contributed by atoms with Crippen LogP contribution in [-0.4, -0.2) is 71.3 Å². The third-order valence-corrected chi connectivity index (χ3v) is 6.74. The van der Waals surface area contributed by atoms with E-state index in [1.807, 2.05) is 30.5 Å². The van der Waals surface area contributed by atoms with Gasteiger partial charge in [0.05, 0.1) is 17.3 Å². The van der Waals surface area contributed by atoms with Crippen molar-refractivity contribution in [3.63, 3.8) is 0 Å². The molecule has 31 heavy (non-hydrogen) atoms. The van der Waals surface area contributed by atoms with Crippen molar-refractivity contribution in [1.29, 1.82) is 0 Å². The minimum atomic E-state index is -0.373. The normalized spacial score (nSPS) is 23.4. The van der Waals surface area contributed by atoms with Gasteiger partial charge in [0, 0.05) is 63.4 Å². The predicted octanol–water partition coefficient (Wildman–Crippen LogP) is 3.13. The average molecular weight is 421 g/mol. The van der Waals surface area contributed by atoms with Gasteiger partial charge in [0.15, 0.2) is 0 Å². The molecular formula is C25H29FN4O. The molecule has 162 valence electrons. The Bertz CT molecular complexity index is 1030. The van der Waals surface area contributed by atoms with Crippen LogP contribution in [0, 0.1) is 5.82 Å². The zero-order valence-electron chi connectivity index (χ0n) is 17.7. The summed E-state index contributed by atoms with van der Waals surface area (Å²) in [5.41, 5.74) is 2.96. The first kappa shape index (κ1) is 20.4. The topological polar surface area (TPSA) is 42.8 Å². The average Bonchev–Trinajstić information content (AvgIpc) is 2.80. The van der Waals surface area contributed by atoms with Crippen LogP contribution >= 0.6 is 0 Å². The summed E-state index contributed by atoms with van der Waals surface area (Å²) in [7, 11) is 0. The van der Waals surface area contributed by atoms with E-state index in [4.69, 9.17) is 0 Å². The first-order chi connectivity index (χ1) is 15.2. The Hall–Kier alpha value is -2.54.